The maximum absolute atomic E-state index is 5.92. The second-order valence-corrected chi connectivity index (χ2v) is 6.31. The Labute approximate surface area is 139 Å². The van der Waals surface area contributed by atoms with Gasteiger partial charge >= 0.3 is 0 Å². The maximum atomic E-state index is 5.92. The van der Waals surface area contributed by atoms with Crippen molar-refractivity contribution in [3.63, 3.8) is 0 Å². The predicted octanol–water partition coefficient (Wildman–Crippen LogP) is 4.71. The molecule has 1 N–H and O–H groups in total. The summed E-state index contributed by atoms with van der Waals surface area (Å²) in [7, 11) is 0. The van der Waals surface area contributed by atoms with E-state index in [0.717, 1.165) is 28.0 Å². The highest BCUT2D eigenvalue weighted by Crippen LogP contribution is 2.22. The van der Waals surface area contributed by atoms with Gasteiger partial charge in [0.2, 0.25) is 0 Å². The normalized spacial score (nSPS) is 12.3. The Morgan fingerprint density at radius 2 is 2.00 bits per heavy atom. The minimum Gasteiger partial charge on any atom is -0.305 e. The lowest BCUT2D eigenvalue weighted by molar-refractivity contribution is 0.569. The van der Waals surface area contributed by atoms with Crippen LogP contribution in [0, 0.1) is 0 Å². The topological polar surface area (TPSA) is 37.8 Å². The molecule has 5 heteroatoms. The van der Waals surface area contributed by atoms with Gasteiger partial charge < -0.3 is 5.32 Å². The zero-order chi connectivity index (χ0) is 15.4. The number of hydrogen-bond donors (Lipinski definition) is 1. The Morgan fingerprint density at radius 3 is 2.73 bits per heavy atom. The van der Waals surface area contributed by atoms with Crippen LogP contribution in [0.3, 0.4) is 0 Å². The fraction of sp³-hybridized carbons (Fsp3) is 0.176. The van der Waals surface area contributed by atoms with Crippen LogP contribution in [0.4, 0.5) is 0 Å². The summed E-state index contributed by atoms with van der Waals surface area (Å²) in [6.45, 7) is 2.86. The number of halogens is 1. The number of rotatable bonds is 5. The molecule has 0 amide bonds. The monoisotopic (exact) mass is 329 g/mol. The molecule has 0 radical (unpaired) electrons. The van der Waals surface area contributed by atoms with Crippen molar-refractivity contribution in [3.05, 3.63) is 70.3 Å². The highest BCUT2D eigenvalue weighted by molar-refractivity contribution is 7.13. The molecule has 3 rings (SSSR count). The molecule has 0 bridgehead atoms. The van der Waals surface area contributed by atoms with Crippen LogP contribution in [0.2, 0.25) is 5.02 Å². The SMILES string of the molecule is CC(NCc1csc(-c2ccccn2)n1)c1ccc(Cl)cc1. The van der Waals surface area contributed by atoms with E-state index in [4.69, 9.17) is 11.6 Å². The molecule has 3 nitrogen and oxygen atoms in total. The number of nitrogens with zero attached hydrogens (tertiary/aromatic N) is 2. The third-order valence-corrected chi connectivity index (χ3v) is 4.56. The number of pyridine rings is 1. The predicted molar refractivity (Wildman–Crippen MR) is 92.1 cm³/mol. The number of benzene rings is 1. The van der Waals surface area contributed by atoms with Crippen LogP contribution in [0.1, 0.15) is 24.2 Å². The molecule has 0 fully saturated rings. The molecular weight excluding hydrogens is 314 g/mol. The highest BCUT2D eigenvalue weighted by atomic mass is 35.5. The van der Waals surface area contributed by atoms with E-state index < -0.39 is 0 Å². The summed E-state index contributed by atoms with van der Waals surface area (Å²) in [6.07, 6.45) is 1.79. The summed E-state index contributed by atoms with van der Waals surface area (Å²) >= 11 is 7.54. The molecule has 1 unspecified atom stereocenters. The third kappa shape index (κ3) is 3.71. The van der Waals surface area contributed by atoms with Gasteiger partial charge in [-0.25, -0.2) is 4.98 Å². The van der Waals surface area contributed by atoms with Crippen LogP contribution in [0.25, 0.3) is 10.7 Å². The molecule has 1 aromatic carbocycles. The Balaban J connectivity index is 1.62. The lowest BCUT2D eigenvalue weighted by atomic mass is 10.1. The first-order valence-corrected chi connectivity index (χ1v) is 8.33. The third-order valence-electron chi connectivity index (χ3n) is 3.40. The Bertz CT molecular complexity index is 725. The minimum absolute atomic E-state index is 0.247. The van der Waals surface area contributed by atoms with Crippen molar-refractivity contribution in [2.75, 3.05) is 0 Å². The summed E-state index contributed by atoms with van der Waals surface area (Å²) in [4.78, 5) is 8.96. The Hall–Kier alpha value is -1.75. The Morgan fingerprint density at radius 1 is 1.18 bits per heavy atom. The molecule has 112 valence electrons. The van der Waals surface area contributed by atoms with Gasteiger partial charge in [-0.05, 0) is 36.8 Å². The van der Waals surface area contributed by atoms with Crippen LogP contribution < -0.4 is 5.32 Å². The molecule has 1 atom stereocenters. The van der Waals surface area contributed by atoms with Crippen LogP contribution in [0.5, 0.6) is 0 Å². The fourth-order valence-electron chi connectivity index (χ4n) is 2.12. The summed E-state index contributed by atoms with van der Waals surface area (Å²) < 4.78 is 0. The van der Waals surface area contributed by atoms with Crippen LogP contribution >= 0.6 is 22.9 Å². The van der Waals surface area contributed by atoms with Gasteiger partial charge in [0.1, 0.15) is 5.01 Å². The molecule has 22 heavy (non-hydrogen) atoms. The highest BCUT2D eigenvalue weighted by Gasteiger charge is 2.08. The van der Waals surface area contributed by atoms with Crippen molar-refractivity contribution in [1.82, 2.24) is 15.3 Å². The summed E-state index contributed by atoms with van der Waals surface area (Å²) in [5, 5.41) is 7.27. The van der Waals surface area contributed by atoms with Crippen LogP contribution in [-0.2, 0) is 6.54 Å². The summed E-state index contributed by atoms with van der Waals surface area (Å²) in [5.74, 6) is 0. The zero-order valence-corrected chi connectivity index (χ0v) is 13.7. The fourth-order valence-corrected chi connectivity index (χ4v) is 3.04. The first-order valence-electron chi connectivity index (χ1n) is 7.07. The molecule has 0 aliphatic rings. The smallest absolute Gasteiger partial charge is 0.142 e. The molecule has 0 aliphatic heterocycles. The number of hydrogen-bond acceptors (Lipinski definition) is 4. The van der Waals surface area contributed by atoms with E-state index in [1.165, 1.54) is 5.56 Å². The quantitative estimate of drug-likeness (QED) is 0.736. The molecule has 0 aliphatic carbocycles. The van der Waals surface area contributed by atoms with Gasteiger partial charge in [-0.15, -0.1) is 11.3 Å². The van der Waals surface area contributed by atoms with E-state index in [9.17, 15) is 0 Å². The largest absolute Gasteiger partial charge is 0.305 e. The standard InChI is InChI=1S/C17H16ClN3S/c1-12(13-5-7-14(18)8-6-13)20-10-15-11-22-17(21-15)16-4-2-3-9-19-16/h2-9,11-12,20H,10H2,1H3. The van der Waals surface area contributed by atoms with Gasteiger partial charge in [0.25, 0.3) is 0 Å². The minimum atomic E-state index is 0.247. The van der Waals surface area contributed by atoms with Gasteiger partial charge in [0.05, 0.1) is 11.4 Å². The lowest BCUT2D eigenvalue weighted by Crippen LogP contribution is -2.18. The van der Waals surface area contributed by atoms with Gasteiger partial charge in [-0.3, -0.25) is 4.98 Å². The van der Waals surface area contributed by atoms with Crippen molar-refractivity contribution in [1.29, 1.82) is 0 Å². The van der Waals surface area contributed by atoms with Crippen molar-refractivity contribution in [3.8, 4) is 10.7 Å². The molecule has 0 saturated heterocycles. The second kappa shape index (κ2) is 7.01. The van der Waals surface area contributed by atoms with Gasteiger partial charge in [-0.1, -0.05) is 29.8 Å². The van der Waals surface area contributed by atoms with Gasteiger partial charge in [-0.2, -0.15) is 0 Å². The molecular formula is C17H16ClN3S. The van der Waals surface area contributed by atoms with Gasteiger partial charge in [0.15, 0.2) is 0 Å². The first kappa shape index (κ1) is 15.2. The molecule has 2 aromatic heterocycles. The average Bonchev–Trinajstić information content (AvgIpc) is 3.03. The van der Waals surface area contributed by atoms with Crippen molar-refractivity contribution >= 4 is 22.9 Å². The van der Waals surface area contributed by atoms with E-state index >= 15 is 0 Å². The molecule has 0 saturated carbocycles. The Kier molecular flexibility index (Phi) is 4.83. The van der Waals surface area contributed by atoms with Crippen molar-refractivity contribution in [2.45, 2.75) is 19.5 Å². The zero-order valence-electron chi connectivity index (χ0n) is 12.2. The molecule has 3 aromatic rings. The number of nitrogens with one attached hydrogen (secondary N) is 1. The van der Waals surface area contributed by atoms with Gasteiger partial charge in [0, 0.05) is 29.2 Å². The maximum Gasteiger partial charge on any atom is 0.142 e. The van der Waals surface area contributed by atoms with Crippen LogP contribution in [0.15, 0.2) is 54.0 Å². The number of aromatic nitrogens is 2. The number of thiazole rings is 1. The lowest BCUT2D eigenvalue weighted by Gasteiger charge is -2.13. The molecule has 2 heterocycles. The average molecular weight is 330 g/mol. The molecule has 0 spiro atoms. The second-order valence-electron chi connectivity index (χ2n) is 5.01. The van der Waals surface area contributed by atoms with E-state index in [1.807, 2.05) is 42.5 Å². The van der Waals surface area contributed by atoms with Crippen molar-refractivity contribution < 1.29 is 0 Å². The van der Waals surface area contributed by atoms with E-state index in [0.29, 0.717) is 0 Å². The summed E-state index contributed by atoms with van der Waals surface area (Å²) in [5.41, 5.74) is 3.17. The van der Waals surface area contributed by atoms with E-state index in [2.05, 4.69) is 27.6 Å². The van der Waals surface area contributed by atoms with E-state index in [1.54, 1.807) is 17.5 Å². The first-order chi connectivity index (χ1) is 10.7. The van der Waals surface area contributed by atoms with E-state index in [-0.39, 0.29) is 6.04 Å². The van der Waals surface area contributed by atoms with Crippen LogP contribution in [-0.4, -0.2) is 9.97 Å². The van der Waals surface area contributed by atoms with Crippen molar-refractivity contribution in [2.24, 2.45) is 0 Å². The summed E-state index contributed by atoms with van der Waals surface area (Å²) in [6, 6.07) is 14.0.